The largest absolute Gasteiger partial charge is 0.465 e. The van der Waals surface area contributed by atoms with Crippen molar-refractivity contribution in [3.05, 3.63) is 46.3 Å². The molecule has 9 nitrogen and oxygen atoms in total. The molecule has 0 saturated heterocycles. The summed E-state index contributed by atoms with van der Waals surface area (Å²) in [4.78, 5) is 38.8. The van der Waals surface area contributed by atoms with Crippen LogP contribution in [-0.4, -0.2) is 43.3 Å². The highest BCUT2D eigenvalue weighted by Gasteiger charge is 2.23. The number of ether oxygens (including phenoxy) is 4. The number of amides is 1. The molecule has 28 heavy (non-hydrogen) atoms. The van der Waals surface area contributed by atoms with Gasteiger partial charge in [-0.15, -0.1) is 0 Å². The van der Waals surface area contributed by atoms with Gasteiger partial charge in [0.25, 0.3) is 5.91 Å². The number of hydrogen-bond acceptors (Lipinski definition) is 7. The molecule has 1 aromatic carbocycles. The fourth-order valence-electron chi connectivity index (χ4n) is 2.87. The van der Waals surface area contributed by atoms with Gasteiger partial charge in [0.05, 0.1) is 12.7 Å². The van der Waals surface area contributed by atoms with Crippen molar-refractivity contribution in [2.24, 2.45) is 0 Å². The van der Waals surface area contributed by atoms with Crippen LogP contribution >= 0.6 is 0 Å². The van der Waals surface area contributed by atoms with Crippen molar-refractivity contribution in [1.82, 2.24) is 10.3 Å². The van der Waals surface area contributed by atoms with E-state index in [1.54, 1.807) is 32.0 Å². The zero-order valence-electron chi connectivity index (χ0n) is 15.7. The van der Waals surface area contributed by atoms with Crippen molar-refractivity contribution in [2.45, 2.75) is 20.4 Å². The lowest BCUT2D eigenvalue weighted by Gasteiger charge is -2.07. The Morgan fingerprint density at radius 2 is 1.89 bits per heavy atom. The van der Waals surface area contributed by atoms with Crippen LogP contribution in [0.3, 0.4) is 0 Å². The lowest BCUT2D eigenvalue weighted by atomic mass is 10.1. The van der Waals surface area contributed by atoms with Gasteiger partial charge in [0.1, 0.15) is 5.69 Å². The topological polar surface area (TPSA) is 116 Å². The minimum atomic E-state index is -0.728. The molecule has 0 unspecified atom stereocenters. The van der Waals surface area contributed by atoms with Crippen molar-refractivity contribution < 1.29 is 33.3 Å². The highest BCUT2D eigenvalue weighted by atomic mass is 16.7. The fourth-order valence-corrected chi connectivity index (χ4v) is 2.87. The van der Waals surface area contributed by atoms with Gasteiger partial charge in [-0.2, -0.15) is 0 Å². The molecule has 2 N–H and O–H groups in total. The van der Waals surface area contributed by atoms with Crippen molar-refractivity contribution in [3.8, 4) is 11.5 Å². The molecule has 1 aliphatic rings. The number of rotatable bonds is 6. The molecule has 0 bridgehead atoms. The van der Waals surface area contributed by atoms with Gasteiger partial charge in [-0.05, 0) is 37.1 Å². The standard InChI is InChI=1S/C19H20N2O7/c1-10-16(18(23)25-3)11(2)21-17(10)19(24)26-8-15(22)20-7-12-4-5-13-14(6-12)28-9-27-13/h4-6,21H,7-9H2,1-3H3,(H,20,22). The van der Waals surface area contributed by atoms with Crippen LogP contribution in [0.2, 0.25) is 0 Å². The molecule has 0 radical (unpaired) electrons. The summed E-state index contributed by atoms with van der Waals surface area (Å²) in [6, 6.07) is 5.34. The molecule has 1 aromatic heterocycles. The molecule has 0 spiro atoms. The highest BCUT2D eigenvalue weighted by molar-refractivity contribution is 5.99. The molecule has 1 aliphatic heterocycles. The molecular formula is C19H20N2O7. The van der Waals surface area contributed by atoms with Gasteiger partial charge in [0.15, 0.2) is 18.1 Å². The second-order valence-electron chi connectivity index (χ2n) is 6.16. The molecule has 9 heteroatoms. The van der Waals surface area contributed by atoms with E-state index >= 15 is 0 Å². The lowest BCUT2D eigenvalue weighted by Crippen LogP contribution is -2.28. The Morgan fingerprint density at radius 3 is 2.64 bits per heavy atom. The van der Waals surface area contributed by atoms with Crippen LogP contribution < -0.4 is 14.8 Å². The minimum absolute atomic E-state index is 0.112. The molecule has 2 heterocycles. The second-order valence-corrected chi connectivity index (χ2v) is 6.16. The third kappa shape index (κ3) is 3.93. The summed E-state index contributed by atoms with van der Waals surface area (Å²) in [5.41, 5.74) is 2.12. The second kappa shape index (κ2) is 8.03. The highest BCUT2D eigenvalue weighted by Crippen LogP contribution is 2.32. The SMILES string of the molecule is COC(=O)c1c(C)[nH]c(C(=O)OCC(=O)NCc2ccc3c(c2)OCO3)c1C. The first-order valence-electron chi connectivity index (χ1n) is 8.50. The van der Waals surface area contributed by atoms with Crippen LogP contribution in [0, 0.1) is 13.8 Å². The number of benzene rings is 1. The Balaban J connectivity index is 1.53. The number of nitrogens with one attached hydrogen (secondary N) is 2. The van der Waals surface area contributed by atoms with E-state index in [0.717, 1.165) is 5.56 Å². The molecule has 148 valence electrons. The summed E-state index contributed by atoms with van der Waals surface area (Å²) in [6.45, 7) is 3.23. The number of aromatic amines is 1. The maximum atomic E-state index is 12.2. The van der Waals surface area contributed by atoms with Crippen molar-refractivity contribution >= 4 is 17.8 Å². The average Bonchev–Trinajstić information content (AvgIpc) is 3.27. The Morgan fingerprint density at radius 1 is 1.14 bits per heavy atom. The first-order chi connectivity index (χ1) is 13.4. The summed E-state index contributed by atoms with van der Waals surface area (Å²) in [7, 11) is 1.26. The van der Waals surface area contributed by atoms with E-state index in [1.165, 1.54) is 7.11 Å². The average molecular weight is 388 g/mol. The maximum Gasteiger partial charge on any atom is 0.355 e. The number of H-pyrrole nitrogens is 1. The Hall–Kier alpha value is -3.49. The van der Waals surface area contributed by atoms with Crippen molar-refractivity contribution in [2.75, 3.05) is 20.5 Å². The fraction of sp³-hybridized carbons (Fsp3) is 0.316. The normalized spacial score (nSPS) is 11.8. The van der Waals surface area contributed by atoms with Gasteiger partial charge in [-0.1, -0.05) is 6.07 Å². The van der Waals surface area contributed by atoms with E-state index in [-0.39, 0.29) is 24.6 Å². The monoisotopic (exact) mass is 388 g/mol. The minimum Gasteiger partial charge on any atom is -0.465 e. The number of carbonyl (C=O) groups is 3. The number of fused-ring (bicyclic) bond motifs is 1. The van der Waals surface area contributed by atoms with Gasteiger partial charge in [0.2, 0.25) is 6.79 Å². The van der Waals surface area contributed by atoms with Crippen LogP contribution in [0.15, 0.2) is 18.2 Å². The summed E-state index contributed by atoms with van der Waals surface area (Å²) in [5.74, 6) is -0.454. The third-order valence-electron chi connectivity index (χ3n) is 4.29. The molecule has 0 fully saturated rings. The van der Waals surface area contributed by atoms with Crippen LogP contribution in [0.5, 0.6) is 11.5 Å². The molecule has 1 amide bonds. The van der Waals surface area contributed by atoms with Gasteiger partial charge < -0.3 is 29.2 Å². The number of esters is 2. The molecular weight excluding hydrogens is 368 g/mol. The number of aryl methyl sites for hydroxylation is 1. The Kier molecular flexibility index (Phi) is 5.53. The third-order valence-corrected chi connectivity index (χ3v) is 4.29. The first kappa shape index (κ1) is 19.3. The van der Waals surface area contributed by atoms with Gasteiger partial charge >= 0.3 is 11.9 Å². The van der Waals surface area contributed by atoms with Crippen molar-refractivity contribution in [3.63, 3.8) is 0 Å². The van der Waals surface area contributed by atoms with Crippen molar-refractivity contribution in [1.29, 1.82) is 0 Å². The lowest BCUT2D eigenvalue weighted by molar-refractivity contribution is -0.124. The van der Waals surface area contributed by atoms with Gasteiger partial charge in [0, 0.05) is 12.2 Å². The maximum absolute atomic E-state index is 12.2. The summed E-state index contributed by atoms with van der Waals surface area (Å²) < 4.78 is 20.2. The van der Waals surface area contributed by atoms with E-state index < -0.39 is 24.5 Å². The smallest absolute Gasteiger partial charge is 0.355 e. The Labute approximate surface area is 160 Å². The van der Waals surface area contributed by atoms with E-state index in [9.17, 15) is 14.4 Å². The number of hydrogen-bond donors (Lipinski definition) is 2. The molecule has 0 atom stereocenters. The number of methoxy groups -OCH3 is 1. The first-order valence-corrected chi connectivity index (χ1v) is 8.50. The number of carbonyl (C=O) groups excluding carboxylic acids is 3. The number of aromatic nitrogens is 1. The van der Waals surface area contributed by atoms with Crippen LogP contribution in [0.1, 0.15) is 37.7 Å². The molecule has 3 rings (SSSR count). The predicted octanol–water partition coefficient (Wildman–Crippen LogP) is 1.62. The van der Waals surface area contributed by atoms with Crippen LogP contribution in [-0.2, 0) is 20.8 Å². The Bertz CT molecular complexity index is 933. The molecule has 2 aromatic rings. The summed E-state index contributed by atoms with van der Waals surface area (Å²) in [5, 5.41) is 2.66. The summed E-state index contributed by atoms with van der Waals surface area (Å²) >= 11 is 0. The van der Waals surface area contributed by atoms with E-state index in [4.69, 9.17) is 18.9 Å². The van der Waals surface area contributed by atoms with E-state index in [0.29, 0.717) is 22.8 Å². The predicted molar refractivity (Wildman–Crippen MR) is 96.3 cm³/mol. The van der Waals surface area contributed by atoms with Crippen LogP contribution in [0.4, 0.5) is 0 Å². The van der Waals surface area contributed by atoms with Gasteiger partial charge in [-0.3, -0.25) is 4.79 Å². The van der Waals surface area contributed by atoms with Gasteiger partial charge in [-0.25, -0.2) is 9.59 Å². The zero-order valence-corrected chi connectivity index (χ0v) is 15.7. The zero-order chi connectivity index (χ0) is 20.3. The van der Waals surface area contributed by atoms with E-state index in [1.807, 2.05) is 0 Å². The van der Waals surface area contributed by atoms with Crippen LogP contribution in [0.25, 0.3) is 0 Å². The molecule has 0 saturated carbocycles. The molecule has 0 aliphatic carbocycles. The van der Waals surface area contributed by atoms with E-state index in [2.05, 4.69) is 10.3 Å². The summed E-state index contributed by atoms with van der Waals surface area (Å²) in [6.07, 6.45) is 0. The quantitative estimate of drug-likeness (QED) is 0.723.